The van der Waals surface area contributed by atoms with E-state index in [-0.39, 0.29) is 5.92 Å². The predicted octanol–water partition coefficient (Wildman–Crippen LogP) is 2.54. The molecule has 108 valence electrons. The van der Waals surface area contributed by atoms with Gasteiger partial charge in [-0.15, -0.1) is 0 Å². The average molecular weight is 275 g/mol. The van der Waals surface area contributed by atoms with Crippen molar-refractivity contribution in [1.82, 2.24) is 0 Å². The highest BCUT2D eigenvalue weighted by molar-refractivity contribution is 5.93. The third-order valence-electron chi connectivity index (χ3n) is 3.89. The first-order valence-corrected chi connectivity index (χ1v) is 7.05. The minimum atomic E-state index is -0.431. The van der Waals surface area contributed by atoms with Crippen LogP contribution in [-0.4, -0.2) is 18.3 Å². The first kappa shape index (κ1) is 14.6. The van der Waals surface area contributed by atoms with E-state index < -0.39 is 5.91 Å². The lowest BCUT2D eigenvalue weighted by Gasteiger charge is -2.14. The Morgan fingerprint density at radius 1 is 1.35 bits per heavy atom. The third-order valence-corrected chi connectivity index (χ3v) is 3.89. The number of carbonyl (C=O) groups excluding carboxylic acids is 2. The molecule has 1 aromatic rings. The van der Waals surface area contributed by atoms with Gasteiger partial charge in [0.1, 0.15) is 11.5 Å². The molecule has 0 aliphatic heterocycles. The molecule has 1 saturated carbocycles. The van der Waals surface area contributed by atoms with Crippen molar-refractivity contribution in [3.63, 3.8) is 0 Å². The van der Waals surface area contributed by atoms with Gasteiger partial charge in [-0.05, 0) is 56.4 Å². The Kier molecular flexibility index (Phi) is 4.42. The number of Topliss-reactive ketones (excluding diaryl/α,β-unsaturated/α-hetero) is 1. The minimum Gasteiger partial charge on any atom is -0.493 e. The summed E-state index contributed by atoms with van der Waals surface area (Å²) in [4.78, 5) is 22.7. The van der Waals surface area contributed by atoms with Gasteiger partial charge < -0.3 is 10.5 Å². The van der Waals surface area contributed by atoms with Crippen LogP contribution >= 0.6 is 0 Å². The Labute approximate surface area is 119 Å². The zero-order valence-electron chi connectivity index (χ0n) is 12.1. The van der Waals surface area contributed by atoms with E-state index in [1.807, 2.05) is 13.8 Å². The number of rotatable bonds is 5. The number of ketones is 1. The van der Waals surface area contributed by atoms with Gasteiger partial charge in [-0.3, -0.25) is 9.59 Å². The lowest BCUT2D eigenvalue weighted by Crippen LogP contribution is -2.13. The van der Waals surface area contributed by atoms with Crippen molar-refractivity contribution in [2.75, 3.05) is 6.61 Å². The molecule has 0 bridgehead atoms. The maximum atomic E-state index is 11.6. The van der Waals surface area contributed by atoms with Crippen LogP contribution in [0.3, 0.4) is 0 Å². The molecule has 0 spiro atoms. The van der Waals surface area contributed by atoms with Crippen LogP contribution in [0.2, 0.25) is 0 Å². The number of benzene rings is 1. The molecule has 1 aromatic carbocycles. The van der Waals surface area contributed by atoms with Crippen LogP contribution in [0.5, 0.6) is 5.75 Å². The van der Waals surface area contributed by atoms with Gasteiger partial charge in [0.05, 0.1) is 6.61 Å². The van der Waals surface area contributed by atoms with Crippen LogP contribution in [0, 0.1) is 19.8 Å². The number of hydrogen-bond acceptors (Lipinski definition) is 3. The predicted molar refractivity (Wildman–Crippen MR) is 76.9 cm³/mol. The van der Waals surface area contributed by atoms with Crippen LogP contribution in [-0.2, 0) is 4.79 Å². The van der Waals surface area contributed by atoms with Crippen molar-refractivity contribution in [2.24, 2.45) is 11.7 Å². The summed E-state index contributed by atoms with van der Waals surface area (Å²) in [5, 5.41) is 0. The van der Waals surface area contributed by atoms with E-state index in [2.05, 4.69) is 0 Å². The molecule has 0 saturated heterocycles. The minimum absolute atomic E-state index is 0.167. The fourth-order valence-corrected chi connectivity index (χ4v) is 2.82. The van der Waals surface area contributed by atoms with Crippen LogP contribution in [0.4, 0.5) is 0 Å². The molecule has 1 aliphatic carbocycles. The average Bonchev–Trinajstić information content (AvgIpc) is 2.78. The Balaban J connectivity index is 1.99. The van der Waals surface area contributed by atoms with E-state index in [9.17, 15) is 9.59 Å². The molecule has 1 atom stereocenters. The number of ether oxygens (including phenoxy) is 1. The summed E-state index contributed by atoms with van der Waals surface area (Å²) >= 11 is 0. The van der Waals surface area contributed by atoms with Crippen molar-refractivity contribution in [1.29, 1.82) is 0 Å². The second-order valence-electron chi connectivity index (χ2n) is 5.50. The highest BCUT2D eigenvalue weighted by Crippen LogP contribution is 2.27. The Hall–Kier alpha value is -1.84. The van der Waals surface area contributed by atoms with Crippen LogP contribution in [0.15, 0.2) is 12.1 Å². The van der Waals surface area contributed by atoms with Crippen LogP contribution in [0.1, 0.15) is 47.2 Å². The number of carbonyl (C=O) groups is 2. The molecule has 0 aromatic heterocycles. The first-order valence-electron chi connectivity index (χ1n) is 7.05. The number of nitrogens with two attached hydrogens (primary N) is 1. The highest BCUT2D eigenvalue weighted by atomic mass is 16.5. The Bertz CT molecular complexity index is 514. The fourth-order valence-electron chi connectivity index (χ4n) is 2.82. The number of hydrogen-bond donors (Lipinski definition) is 1. The van der Waals surface area contributed by atoms with E-state index >= 15 is 0 Å². The lowest BCUT2D eigenvalue weighted by atomic mass is 10.0. The van der Waals surface area contributed by atoms with E-state index in [4.69, 9.17) is 10.5 Å². The molecule has 4 heteroatoms. The number of aryl methyl sites for hydroxylation is 2. The maximum absolute atomic E-state index is 11.6. The van der Waals surface area contributed by atoms with Gasteiger partial charge in [-0.1, -0.05) is 0 Å². The van der Waals surface area contributed by atoms with Gasteiger partial charge in [0.2, 0.25) is 5.91 Å². The standard InChI is InChI=1S/C16H21NO3/c1-10-8-13(16(17)19)9-11(2)15(10)20-7-6-12-4-3-5-14(12)18/h8-9,12H,3-7H2,1-2H3,(H2,17,19). The normalized spacial score (nSPS) is 18.3. The molecule has 4 nitrogen and oxygen atoms in total. The molecule has 0 radical (unpaired) electrons. The summed E-state index contributed by atoms with van der Waals surface area (Å²) in [6.07, 6.45) is 3.49. The molecule has 2 N–H and O–H groups in total. The van der Waals surface area contributed by atoms with Crippen molar-refractivity contribution in [3.05, 3.63) is 28.8 Å². The van der Waals surface area contributed by atoms with E-state index in [0.717, 1.165) is 42.6 Å². The highest BCUT2D eigenvalue weighted by Gasteiger charge is 2.24. The van der Waals surface area contributed by atoms with Crippen LogP contribution < -0.4 is 10.5 Å². The maximum Gasteiger partial charge on any atom is 0.248 e. The monoisotopic (exact) mass is 275 g/mol. The van der Waals surface area contributed by atoms with Gasteiger partial charge in [0.25, 0.3) is 0 Å². The molecule has 0 heterocycles. The summed E-state index contributed by atoms with van der Waals surface area (Å²) in [5.41, 5.74) is 7.58. The third kappa shape index (κ3) is 3.18. The van der Waals surface area contributed by atoms with Gasteiger partial charge in [0, 0.05) is 17.9 Å². The SMILES string of the molecule is Cc1cc(C(N)=O)cc(C)c1OCCC1CCCC1=O. The second kappa shape index (κ2) is 6.07. The number of amides is 1. The molecule has 1 fully saturated rings. The number of primary amides is 1. The fraction of sp³-hybridized carbons (Fsp3) is 0.500. The van der Waals surface area contributed by atoms with Crippen molar-refractivity contribution in [3.8, 4) is 5.75 Å². The van der Waals surface area contributed by atoms with Crippen LogP contribution in [0.25, 0.3) is 0 Å². The second-order valence-corrected chi connectivity index (χ2v) is 5.50. The molecule has 2 rings (SSSR count). The summed E-state index contributed by atoms with van der Waals surface area (Å²) in [5.74, 6) is 0.895. The van der Waals surface area contributed by atoms with Crippen molar-refractivity contribution >= 4 is 11.7 Å². The summed E-state index contributed by atoms with van der Waals surface area (Å²) < 4.78 is 5.81. The topological polar surface area (TPSA) is 69.4 Å². The summed E-state index contributed by atoms with van der Waals surface area (Å²) in [7, 11) is 0. The summed E-state index contributed by atoms with van der Waals surface area (Å²) in [6.45, 7) is 4.33. The van der Waals surface area contributed by atoms with E-state index in [1.54, 1.807) is 12.1 Å². The van der Waals surface area contributed by atoms with Crippen molar-refractivity contribution < 1.29 is 14.3 Å². The lowest BCUT2D eigenvalue weighted by molar-refractivity contribution is -0.121. The van der Waals surface area contributed by atoms with Gasteiger partial charge in [-0.25, -0.2) is 0 Å². The van der Waals surface area contributed by atoms with Gasteiger partial charge in [-0.2, -0.15) is 0 Å². The quantitative estimate of drug-likeness (QED) is 0.897. The summed E-state index contributed by atoms with van der Waals surface area (Å²) in [6, 6.07) is 3.48. The largest absolute Gasteiger partial charge is 0.493 e. The zero-order chi connectivity index (χ0) is 14.7. The van der Waals surface area contributed by atoms with Gasteiger partial charge >= 0.3 is 0 Å². The molecule has 20 heavy (non-hydrogen) atoms. The van der Waals surface area contributed by atoms with E-state index in [1.165, 1.54) is 0 Å². The Morgan fingerprint density at radius 2 is 2.00 bits per heavy atom. The molecular formula is C16H21NO3. The smallest absolute Gasteiger partial charge is 0.248 e. The van der Waals surface area contributed by atoms with Crippen molar-refractivity contribution in [2.45, 2.75) is 39.5 Å². The first-order chi connectivity index (χ1) is 9.49. The molecular weight excluding hydrogens is 254 g/mol. The molecule has 1 aliphatic rings. The van der Waals surface area contributed by atoms with Gasteiger partial charge in [0.15, 0.2) is 0 Å². The Morgan fingerprint density at radius 3 is 2.50 bits per heavy atom. The molecule has 1 unspecified atom stereocenters. The zero-order valence-corrected chi connectivity index (χ0v) is 12.1. The molecule has 1 amide bonds. The van der Waals surface area contributed by atoms with E-state index in [0.29, 0.717) is 18.0 Å².